The minimum Gasteiger partial charge on any atom is -0.464 e. The Labute approximate surface area is 111 Å². The zero-order valence-corrected chi connectivity index (χ0v) is 11.0. The first-order valence-electron chi connectivity index (χ1n) is 6.03. The lowest BCUT2D eigenvalue weighted by Gasteiger charge is -2.21. The van der Waals surface area contributed by atoms with Gasteiger partial charge in [-0.05, 0) is 37.3 Å². The first-order valence-corrected chi connectivity index (χ1v) is 6.40. The number of rotatable bonds is 5. The maximum atomic E-state index is 5.77. The molecule has 1 aromatic rings. The molecule has 0 aromatic carbocycles. The van der Waals surface area contributed by atoms with E-state index in [0.29, 0.717) is 19.1 Å². The number of hydrogen-bond acceptors (Lipinski definition) is 6. The molecule has 100 valence electrons. The number of nitrogens with zero attached hydrogens (tertiary/aromatic N) is 3. The monoisotopic (exact) mass is 273 g/mol. The van der Waals surface area contributed by atoms with E-state index in [1.54, 1.807) is 0 Å². The van der Waals surface area contributed by atoms with Crippen LogP contribution in [0.25, 0.3) is 0 Å². The van der Waals surface area contributed by atoms with Crippen LogP contribution in [0.15, 0.2) is 0 Å². The van der Waals surface area contributed by atoms with Gasteiger partial charge in [0.15, 0.2) is 0 Å². The summed E-state index contributed by atoms with van der Waals surface area (Å²) in [4.78, 5) is 11.8. The Bertz CT molecular complexity index is 386. The highest BCUT2D eigenvalue weighted by Crippen LogP contribution is 2.17. The van der Waals surface area contributed by atoms with Crippen molar-refractivity contribution in [2.75, 3.05) is 26.4 Å². The first kappa shape index (κ1) is 13.3. The van der Waals surface area contributed by atoms with E-state index in [4.69, 9.17) is 25.8 Å². The molecule has 1 aliphatic heterocycles. The molecule has 0 amide bonds. The van der Waals surface area contributed by atoms with Crippen LogP contribution in [0.3, 0.4) is 0 Å². The Balaban J connectivity index is 1.91. The van der Waals surface area contributed by atoms with Crippen LogP contribution in [0.2, 0.25) is 5.28 Å². The molecule has 0 atom stereocenters. The SMILES string of the molecule is CCOc1nc(Cl)nc(OCC2CCOCC2)n1. The van der Waals surface area contributed by atoms with Crippen molar-refractivity contribution in [3.05, 3.63) is 5.28 Å². The second-order valence-electron chi connectivity index (χ2n) is 3.97. The third-order valence-corrected chi connectivity index (χ3v) is 2.80. The van der Waals surface area contributed by atoms with Gasteiger partial charge in [-0.3, -0.25) is 0 Å². The normalized spacial score (nSPS) is 16.6. The Morgan fingerprint density at radius 3 is 2.50 bits per heavy atom. The van der Waals surface area contributed by atoms with Gasteiger partial charge >= 0.3 is 12.0 Å². The van der Waals surface area contributed by atoms with Crippen LogP contribution < -0.4 is 9.47 Å². The molecule has 1 saturated heterocycles. The summed E-state index contributed by atoms with van der Waals surface area (Å²) < 4.78 is 16.0. The molecule has 1 aliphatic rings. The average Bonchev–Trinajstić information content (AvgIpc) is 2.37. The second-order valence-corrected chi connectivity index (χ2v) is 4.31. The molecule has 0 N–H and O–H groups in total. The Morgan fingerprint density at radius 2 is 1.83 bits per heavy atom. The summed E-state index contributed by atoms with van der Waals surface area (Å²) >= 11 is 5.77. The molecule has 7 heteroatoms. The van der Waals surface area contributed by atoms with Crippen LogP contribution in [-0.2, 0) is 4.74 Å². The van der Waals surface area contributed by atoms with E-state index in [9.17, 15) is 0 Å². The van der Waals surface area contributed by atoms with E-state index < -0.39 is 0 Å². The highest BCUT2D eigenvalue weighted by atomic mass is 35.5. The quantitative estimate of drug-likeness (QED) is 0.814. The summed E-state index contributed by atoms with van der Waals surface area (Å²) in [5.74, 6) is 0.477. The van der Waals surface area contributed by atoms with Gasteiger partial charge in [0.05, 0.1) is 13.2 Å². The summed E-state index contributed by atoms with van der Waals surface area (Å²) in [5, 5.41) is 0.0791. The van der Waals surface area contributed by atoms with E-state index in [2.05, 4.69) is 15.0 Å². The molecule has 6 nitrogen and oxygen atoms in total. The maximum absolute atomic E-state index is 5.77. The summed E-state index contributed by atoms with van der Waals surface area (Å²) in [6.45, 7) is 4.46. The van der Waals surface area contributed by atoms with Gasteiger partial charge in [-0.2, -0.15) is 9.97 Å². The molecule has 2 rings (SSSR count). The lowest BCUT2D eigenvalue weighted by atomic mass is 10.0. The lowest BCUT2D eigenvalue weighted by molar-refractivity contribution is 0.0480. The Morgan fingerprint density at radius 1 is 1.17 bits per heavy atom. The summed E-state index contributed by atoms with van der Waals surface area (Å²) in [7, 11) is 0. The lowest BCUT2D eigenvalue weighted by Crippen LogP contribution is -2.22. The molecule has 0 radical (unpaired) electrons. The minimum absolute atomic E-state index is 0.0791. The predicted molar refractivity (Wildman–Crippen MR) is 65.0 cm³/mol. The molecule has 18 heavy (non-hydrogen) atoms. The molecule has 2 heterocycles. The Kier molecular flexibility index (Phi) is 4.95. The smallest absolute Gasteiger partial charge is 0.323 e. The Hall–Kier alpha value is -1.14. The van der Waals surface area contributed by atoms with Crippen LogP contribution in [0.4, 0.5) is 0 Å². The topological polar surface area (TPSA) is 66.4 Å². The number of halogens is 1. The van der Waals surface area contributed by atoms with E-state index in [1.165, 1.54) is 0 Å². The largest absolute Gasteiger partial charge is 0.464 e. The van der Waals surface area contributed by atoms with Crippen molar-refractivity contribution in [2.24, 2.45) is 5.92 Å². The zero-order valence-electron chi connectivity index (χ0n) is 10.3. The minimum atomic E-state index is 0.0791. The molecule has 0 spiro atoms. The van der Waals surface area contributed by atoms with Crippen molar-refractivity contribution in [1.82, 2.24) is 15.0 Å². The summed E-state index contributed by atoms with van der Waals surface area (Å²) in [6, 6.07) is 0.407. The maximum Gasteiger partial charge on any atom is 0.323 e. The molecule has 0 aliphatic carbocycles. The van der Waals surface area contributed by atoms with E-state index in [-0.39, 0.29) is 17.3 Å². The van der Waals surface area contributed by atoms with Crippen LogP contribution >= 0.6 is 11.6 Å². The van der Waals surface area contributed by atoms with Gasteiger partial charge < -0.3 is 14.2 Å². The fourth-order valence-corrected chi connectivity index (χ4v) is 1.82. The number of ether oxygens (including phenoxy) is 3. The van der Waals surface area contributed by atoms with Crippen molar-refractivity contribution in [3.63, 3.8) is 0 Å². The van der Waals surface area contributed by atoms with Crippen molar-refractivity contribution in [3.8, 4) is 12.0 Å². The average molecular weight is 274 g/mol. The van der Waals surface area contributed by atoms with Crippen molar-refractivity contribution >= 4 is 11.6 Å². The van der Waals surface area contributed by atoms with E-state index in [1.807, 2.05) is 6.92 Å². The van der Waals surface area contributed by atoms with Crippen LogP contribution in [0.1, 0.15) is 19.8 Å². The second kappa shape index (κ2) is 6.70. The molecule has 1 fully saturated rings. The highest BCUT2D eigenvalue weighted by Gasteiger charge is 2.15. The van der Waals surface area contributed by atoms with Gasteiger partial charge in [-0.1, -0.05) is 0 Å². The summed E-state index contributed by atoms with van der Waals surface area (Å²) in [6.07, 6.45) is 1.99. The fourth-order valence-electron chi connectivity index (χ4n) is 1.68. The van der Waals surface area contributed by atoms with Gasteiger partial charge in [0.25, 0.3) is 0 Å². The number of hydrogen-bond donors (Lipinski definition) is 0. The number of aromatic nitrogens is 3. The van der Waals surface area contributed by atoms with E-state index in [0.717, 1.165) is 26.1 Å². The van der Waals surface area contributed by atoms with Crippen molar-refractivity contribution < 1.29 is 14.2 Å². The van der Waals surface area contributed by atoms with Gasteiger partial charge in [-0.15, -0.1) is 4.98 Å². The standard InChI is InChI=1S/C11H16ClN3O3/c1-2-17-10-13-9(12)14-11(15-10)18-7-8-3-5-16-6-4-8/h8H,2-7H2,1H3. The highest BCUT2D eigenvalue weighted by molar-refractivity contribution is 6.28. The van der Waals surface area contributed by atoms with Gasteiger partial charge in [0, 0.05) is 13.2 Å². The van der Waals surface area contributed by atoms with Crippen LogP contribution in [0.5, 0.6) is 12.0 Å². The summed E-state index contributed by atoms with van der Waals surface area (Å²) in [5.41, 5.74) is 0. The van der Waals surface area contributed by atoms with Crippen molar-refractivity contribution in [1.29, 1.82) is 0 Å². The van der Waals surface area contributed by atoms with Crippen LogP contribution in [-0.4, -0.2) is 41.4 Å². The molecule has 0 bridgehead atoms. The molecule has 0 unspecified atom stereocenters. The predicted octanol–water partition coefficient (Wildman–Crippen LogP) is 1.73. The van der Waals surface area contributed by atoms with Gasteiger partial charge in [-0.25, -0.2) is 0 Å². The van der Waals surface area contributed by atoms with Crippen molar-refractivity contribution in [2.45, 2.75) is 19.8 Å². The fraction of sp³-hybridized carbons (Fsp3) is 0.727. The molecular formula is C11H16ClN3O3. The van der Waals surface area contributed by atoms with Gasteiger partial charge in [0.2, 0.25) is 5.28 Å². The first-order chi connectivity index (χ1) is 8.78. The van der Waals surface area contributed by atoms with Gasteiger partial charge in [0.1, 0.15) is 0 Å². The third-order valence-electron chi connectivity index (χ3n) is 2.63. The van der Waals surface area contributed by atoms with Crippen LogP contribution in [0, 0.1) is 5.92 Å². The third kappa shape index (κ3) is 3.96. The molecule has 1 aromatic heterocycles. The zero-order chi connectivity index (χ0) is 12.8. The molecular weight excluding hydrogens is 258 g/mol. The molecule has 0 saturated carbocycles. The van der Waals surface area contributed by atoms with E-state index >= 15 is 0 Å².